The number of morpholine rings is 1. The topological polar surface area (TPSA) is 72.7 Å². The number of rotatable bonds is 3. The lowest BCUT2D eigenvalue weighted by Gasteiger charge is -2.42. The second-order valence-corrected chi connectivity index (χ2v) is 7.58. The molecule has 1 atom stereocenters. The second-order valence-electron chi connectivity index (χ2n) is 6.69. The second kappa shape index (κ2) is 7.43. The smallest absolute Gasteiger partial charge is 0.283 e. The molecule has 1 amide bonds. The Bertz CT molecular complexity index is 749. The fourth-order valence-electron chi connectivity index (χ4n) is 3.47. The number of thiazole rings is 1. The minimum Gasteiger partial charge on any atom is -0.347 e. The fraction of sp³-hybridized carbons (Fsp3) is 0.588. The van der Waals surface area contributed by atoms with E-state index in [-0.39, 0.29) is 5.91 Å². The minimum atomic E-state index is -0.785. The Labute approximate surface area is 156 Å². The van der Waals surface area contributed by atoms with Crippen molar-refractivity contribution in [2.24, 2.45) is 7.05 Å². The van der Waals surface area contributed by atoms with Gasteiger partial charge in [-0.25, -0.2) is 9.97 Å². The van der Waals surface area contributed by atoms with Gasteiger partial charge in [0.1, 0.15) is 5.82 Å². The first kappa shape index (κ1) is 17.6. The van der Waals surface area contributed by atoms with Crippen molar-refractivity contribution >= 4 is 17.2 Å². The van der Waals surface area contributed by atoms with Crippen LogP contribution in [-0.4, -0.2) is 75.4 Å². The van der Waals surface area contributed by atoms with Gasteiger partial charge in [0, 0.05) is 44.1 Å². The predicted molar refractivity (Wildman–Crippen MR) is 95.8 cm³/mol. The average molecular weight is 377 g/mol. The van der Waals surface area contributed by atoms with E-state index < -0.39 is 5.79 Å². The van der Waals surface area contributed by atoms with Gasteiger partial charge in [-0.2, -0.15) is 0 Å². The molecule has 0 aromatic carbocycles. The van der Waals surface area contributed by atoms with Crippen molar-refractivity contribution in [3.8, 4) is 0 Å². The van der Waals surface area contributed by atoms with Crippen molar-refractivity contribution < 1.29 is 14.3 Å². The predicted octanol–water partition coefficient (Wildman–Crippen LogP) is 0.968. The van der Waals surface area contributed by atoms with Gasteiger partial charge in [-0.05, 0) is 6.42 Å². The summed E-state index contributed by atoms with van der Waals surface area (Å²) in [5.41, 5.74) is 0. The Morgan fingerprint density at radius 1 is 1.23 bits per heavy atom. The van der Waals surface area contributed by atoms with Crippen LogP contribution in [0.3, 0.4) is 0 Å². The maximum absolute atomic E-state index is 12.7. The lowest BCUT2D eigenvalue weighted by atomic mass is 10.2. The molecule has 0 bridgehead atoms. The SMILES string of the molecule is Cn1ccnc1CN1CCCOC2(C1)CN(C(=O)c1nccs1)CCO2. The molecule has 4 rings (SSSR count). The molecule has 4 heterocycles. The van der Waals surface area contributed by atoms with Crippen molar-refractivity contribution in [3.05, 3.63) is 34.8 Å². The van der Waals surface area contributed by atoms with E-state index in [0.29, 0.717) is 37.9 Å². The summed E-state index contributed by atoms with van der Waals surface area (Å²) >= 11 is 1.36. The molecule has 0 N–H and O–H groups in total. The Morgan fingerprint density at radius 2 is 2.12 bits per heavy atom. The van der Waals surface area contributed by atoms with Crippen LogP contribution in [-0.2, 0) is 23.1 Å². The maximum Gasteiger partial charge on any atom is 0.283 e. The summed E-state index contributed by atoms with van der Waals surface area (Å²) in [6.45, 7) is 4.33. The van der Waals surface area contributed by atoms with Crippen molar-refractivity contribution in [2.75, 3.05) is 39.4 Å². The van der Waals surface area contributed by atoms with E-state index in [1.54, 1.807) is 11.1 Å². The summed E-state index contributed by atoms with van der Waals surface area (Å²) in [6, 6.07) is 0. The Hall–Kier alpha value is -1.81. The molecule has 1 spiro atoms. The van der Waals surface area contributed by atoms with Crippen LogP contribution in [0.4, 0.5) is 0 Å². The molecule has 9 heteroatoms. The summed E-state index contributed by atoms with van der Waals surface area (Å²) in [7, 11) is 2.00. The standard InChI is InChI=1S/C17H23N5O3S/c1-20-6-3-18-14(20)11-21-5-2-8-24-17(12-21)13-22(7-9-25-17)16(23)15-19-4-10-26-15/h3-4,6,10H,2,5,7-9,11-13H2,1H3. The van der Waals surface area contributed by atoms with Crippen LogP contribution in [0, 0.1) is 0 Å². The largest absolute Gasteiger partial charge is 0.347 e. The molecule has 1 unspecified atom stereocenters. The Morgan fingerprint density at radius 3 is 2.88 bits per heavy atom. The average Bonchev–Trinajstić information content (AvgIpc) is 3.27. The lowest BCUT2D eigenvalue weighted by Crippen LogP contribution is -2.59. The van der Waals surface area contributed by atoms with Crippen LogP contribution >= 0.6 is 11.3 Å². The third kappa shape index (κ3) is 3.66. The third-order valence-electron chi connectivity index (χ3n) is 4.79. The molecule has 0 radical (unpaired) electrons. The van der Waals surface area contributed by atoms with Crippen LogP contribution < -0.4 is 0 Å². The molecule has 2 aromatic heterocycles. The molecule has 2 aliphatic heterocycles. The molecule has 2 aromatic rings. The first-order chi connectivity index (χ1) is 12.7. The van der Waals surface area contributed by atoms with Crippen molar-refractivity contribution in [1.29, 1.82) is 0 Å². The normalized spacial score (nSPS) is 24.7. The number of amides is 1. The summed E-state index contributed by atoms with van der Waals surface area (Å²) in [5.74, 6) is 0.173. The first-order valence-electron chi connectivity index (χ1n) is 8.80. The maximum atomic E-state index is 12.7. The Kier molecular flexibility index (Phi) is 5.03. The highest BCUT2D eigenvalue weighted by Crippen LogP contribution is 2.26. The van der Waals surface area contributed by atoms with E-state index in [9.17, 15) is 4.79 Å². The van der Waals surface area contributed by atoms with Crippen molar-refractivity contribution in [3.63, 3.8) is 0 Å². The number of carbonyl (C=O) groups is 1. The van der Waals surface area contributed by atoms with Gasteiger partial charge < -0.3 is 18.9 Å². The number of aryl methyl sites for hydroxylation is 1. The lowest BCUT2D eigenvalue weighted by molar-refractivity contribution is -0.261. The van der Waals surface area contributed by atoms with E-state index >= 15 is 0 Å². The molecule has 2 aliphatic rings. The molecular formula is C17H23N5O3S. The number of hydrogen-bond acceptors (Lipinski definition) is 7. The van der Waals surface area contributed by atoms with Gasteiger partial charge >= 0.3 is 0 Å². The highest BCUT2D eigenvalue weighted by molar-refractivity contribution is 7.11. The van der Waals surface area contributed by atoms with Crippen LogP contribution in [0.2, 0.25) is 0 Å². The fourth-order valence-corrected chi connectivity index (χ4v) is 4.08. The zero-order valence-electron chi connectivity index (χ0n) is 14.8. The van der Waals surface area contributed by atoms with Crippen molar-refractivity contribution in [2.45, 2.75) is 18.8 Å². The highest BCUT2D eigenvalue weighted by atomic mass is 32.1. The van der Waals surface area contributed by atoms with E-state index in [0.717, 1.165) is 25.3 Å². The molecular weight excluding hydrogens is 354 g/mol. The van der Waals surface area contributed by atoms with Gasteiger partial charge in [0.2, 0.25) is 0 Å². The first-order valence-corrected chi connectivity index (χ1v) is 9.68. The monoisotopic (exact) mass is 377 g/mol. The van der Waals surface area contributed by atoms with E-state index in [1.807, 2.05) is 29.4 Å². The third-order valence-corrected chi connectivity index (χ3v) is 5.56. The van der Waals surface area contributed by atoms with Crippen LogP contribution in [0.25, 0.3) is 0 Å². The molecule has 140 valence electrons. The van der Waals surface area contributed by atoms with Gasteiger partial charge in [0.05, 0.1) is 32.8 Å². The number of aromatic nitrogens is 3. The Balaban J connectivity index is 1.48. The van der Waals surface area contributed by atoms with E-state index in [2.05, 4.69) is 14.9 Å². The zero-order chi connectivity index (χ0) is 18.0. The molecule has 8 nitrogen and oxygen atoms in total. The number of hydrogen-bond donors (Lipinski definition) is 0. The number of nitrogens with zero attached hydrogens (tertiary/aromatic N) is 5. The summed E-state index contributed by atoms with van der Waals surface area (Å²) in [4.78, 5) is 25.3. The van der Waals surface area contributed by atoms with Gasteiger partial charge in [-0.1, -0.05) is 0 Å². The van der Waals surface area contributed by atoms with Gasteiger partial charge in [0.25, 0.3) is 5.91 Å². The van der Waals surface area contributed by atoms with Gasteiger partial charge in [-0.3, -0.25) is 9.69 Å². The molecule has 26 heavy (non-hydrogen) atoms. The molecule has 0 aliphatic carbocycles. The molecule has 0 saturated carbocycles. The van der Waals surface area contributed by atoms with E-state index in [4.69, 9.17) is 9.47 Å². The van der Waals surface area contributed by atoms with Gasteiger partial charge in [0.15, 0.2) is 10.8 Å². The quantitative estimate of drug-likeness (QED) is 0.794. The van der Waals surface area contributed by atoms with Crippen molar-refractivity contribution in [1.82, 2.24) is 24.3 Å². The zero-order valence-corrected chi connectivity index (χ0v) is 15.7. The number of imidazole rings is 1. The summed E-state index contributed by atoms with van der Waals surface area (Å²) in [6.07, 6.45) is 6.34. The molecule has 2 saturated heterocycles. The van der Waals surface area contributed by atoms with Gasteiger partial charge in [-0.15, -0.1) is 11.3 Å². The highest BCUT2D eigenvalue weighted by Gasteiger charge is 2.42. The van der Waals surface area contributed by atoms with E-state index in [1.165, 1.54) is 11.3 Å². The summed E-state index contributed by atoms with van der Waals surface area (Å²) < 4.78 is 14.2. The van der Waals surface area contributed by atoms with Crippen LogP contribution in [0.5, 0.6) is 0 Å². The van der Waals surface area contributed by atoms with Crippen LogP contribution in [0.1, 0.15) is 22.0 Å². The van der Waals surface area contributed by atoms with Crippen LogP contribution in [0.15, 0.2) is 24.0 Å². The summed E-state index contributed by atoms with van der Waals surface area (Å²) in [5, 5.41) is 2.33. The number of carbonyl (C=O) groups excluding carboxylic acids is 1. The minimum absolute atomic E-state index is 0.0498. The number of ether oxygens (including phenoxy) is 2. The molecule has 2 fully saturated rings.